The van der Waals surface area contributed by atoms with Gasteiger partial charge in [0.1, 0.15) is 18.3 Å². The summed E-state index contributed by atoms with van der Waals surface area (Å²) < 4.78 is 1.78. The van der Waals surface area contributed by atoms with Gasteiger partial charge in [0.15, 0.2) is 0 Å². The van der Waals surface area contributed by atoms with Crippen molar-refractivity contribution in [3.63, 3.8) is 0 Å². The molecule has 0 amide bonds. The highest BCUT2D eigenvalue weighted by atomic mass is 15.1. The van der Waals surface area contributed by atoms with E-state index in [9.17, 15) is 0 Å². The summed E-state index contributed by atoms with van der Waals surface area (Å²) in [5, 5.41) is 2.27. The number of hydrogen-bond donors (Lipinski definition) is 0. The minimum atomic E-state index is 0.625. The fourth-order valence-corrected chi connectivity index (χ4v) is 2.10. The molecule has 0 atom stereocenters. The molecule has 0 spiro atoms. The molecule has 5 nitrogen and oxygen atoms in total. The molecule has 0 N–H and O–H groups in total. The van der Waals surface area contributed by atoms with Crippen molar-refractivity contribution in [2.24, 2.45) is 0 Å². The van der Waals surface area contributed by atoms with E-state index < -0.39 is 0 Å². The molecule has 0 bridgehead atoms. The lowest BCUT2D eigenvalue weighted by Gasteiger charge is -1.99. The second-order valence-corrected chi connectivity index (χ2v) is 4.26. The van der Waals surface area contributed by atoms with Gasteiger partial charge in [0, 0.05) is 17.8 Å². The lowest BCUT2D eigenvalue weighted by atomic mass is 10.1. The average molecular weight is 247 g/mol. The van der Waals surface area contributed by atoms with Gasteiger partial charge in [-0.1, -0.05) is 24.3 Å². The quantitative estimate of drug-likeness (QED) is 0.518. The fraction of sp³-hybridized carbons (Fsp3) is 0. The molecule has 0 aliphatic rings. The second kappa shape index (κ2) is 3.84. The Morgan fingerprint density at radius 2 is 1.84 bits per heavy atom. The first-order valence-electron chi connectivity index (χ1n) is 5.90. The van der Waals surface area contributed by atoms with Crippen LogP contribution in [0.2, 0.25) is 0 Å². The molecule has 1 aromatic carbocycles. The van der Waals surface area contributed by atoms with Crippen molar-refractivity contribution in [1.82, 2.24) is 24.3 Å². The lowest BCUT2D eigenvalue weighted by molar-refractivity contribution is 1.01. The first-order valence-corrected chi connectivity index (χ1v) is 5.90. The van der Waals surface area contributed by atoms with Crippen molar-refractivity contribution < 1.29 is 0 Å². The molecule has 3 aromatic heterocycles. The van der Waals surface area contributed by atoms with Crippen molar-refractivity contribution in [3.8, 4) is 11.4 Å². The molecule has 0 saturated carbocycles. The summed E-state index contributed by atoms with van der Waals surface area (Å²) in [7, 11) is 0. The van der Waals surface area contributed by atoms with E-state index in [2.05, 4.69) is 26.0 Å². The Bertz CT molecular complexity index is 848. The number of pyridine rings is 1. The number of rotatable bonds is 1. The number of fused-ring (bicyclic) bond motifs is 2. The maximum Gasteiger partial charge on any atom is 0.237 e. The molecule has 5 heteroatoms. The van der Waals surface area contributed by atoms with E-state index in [-0.39, 0.29) is 0 Å². The summed E-state index contributed by atoms with van der Waals surface area (Å²) in [6.07, 6.45) is 6.91. The normalized spacial score (nSPS) is 11.2. The van der Waals surface area contributed by atoms with E-state index in [0.29, 0.717) is 5.78 Å². The first-order chi connectivity index (χ1) is 9.40. The summed E-state index contributed by atoms with van der Waals surface area (Å²) in [5.41, 5.74) is 1.63. The Morgan fingerprint density at radius 3 is 2.74 bits per heavy atom. The fourth-order valence-electron chi connectivity index (χ4n) is 2.10. The van der Waals surface area contributed by atoms with Gasteiger partial charge in [-0.15, -0.1) is 0 Å². The third kappa shape index (κ3) is 1.63. The first kappa shape index (κ1) is 10.1. The zero-order valence-corrected chi connectivity index (χ0v) is 9.93. The number of imidazole rings is 1. The van der Waals surface area contributed by atoms with E-state index in [1.165, 1.54) is 6.33 Å². The van der Waals surface area contributed by atoms with Crippen molar-refractivity contribution in [1.29, 1.82) is 0 Å². The van der Waals surface area contributed by atoms with E-state index in [4.69, 9.17) is 0 Å². The van der Waals surface area contributed by atoms with Crippen LogP contribution in [-0.4, -0.2) is 24.3 Å². The molecule has 19 heavy (non-hydrogen) atoms. The monoisotopic (exact) mass is 247 g/mol. The molecule has 0 saturated heterocycles. The topological polar surface area (TPSA) is 56.0 Å². The predicted octanol–water partition coefficient (Wildman–Crippen LogP) is 2.34. The van der Waals surface area contributed by atoms with Gasteiger partial charge in [0.05, 0.1) is 5.69 Å². The maximum absolute atomic E-state index is 4.45. The van der Waals surface area contributed by atoms with Crippen LogP contribution in [0.4, 0.5) is 0 Å². The Balaban J connectivity index is 1.93. The summed E-state index contributed by atoms with van der Waals surface area (Å²) in [6.45, 7) is 0. The molecular formula is C14H9N5. The van der Waals surface area contributed by atoms with Gasteiger partial charge in [-0.3, -0.25) is 9.38 Å². The van der Waals surface area contributed by atoms with Crippen LogP contribution in [0.15, 0.2) is 55.4 Å². The molecule has 0 fully saturated rings. The van der Waals surface area contributed by atoms with E-state index >= 15 is 0 Å². The summed E-state index contributed by atoms with van der Waals surface area (Å²) in [5.74, 6) is 0.625. The Morgan fingerprint density at radius 1 is 0.947 bits per heavy atom. The molecular weight excluding hydrogens is 238 g/mol. The lowest BCUT2D eigenvalue weighted by Crippen LogP contribution is -1.86. The SMILES string of the molecule is c1ccc2cc(-c3cn4cncnc4n3)ncc2c1. The summed E-state index contributed by atoms with van der Waals surface area (Å²) in [6, 6.07) is 10.2. The molecule has 0 radical (unpaired) electrons. The highest BCUT2D eigenvalue weighted by molar-refractivity contribution is 5.84. The summed E-state index contributed by atoms with van der Waals surface area (Å²) in [4.78, 5) is 17.0. The molecule has 3 heterocycles. The van der Waals surface area contributed by atoms with Gasteiger partial charge in [0.2, 0.25) is 5.78 Å². The van der Waals surface area contributed by atoms with Crippen LogP contribution in [0.5, 0.6) is 0 Å². The van der Waals surface area contributed by atoms with E-state index in [1.807, 2.05) is 36.7 Å². The van der Waals surface area contributed by atoms with E-state index in [0.717, 1.165) is 22.2 Å². The van der Waals surface area contributed by atoms with Gasteiger partial charge in [-0.25, -0.2) is 15.0 Å². The predicted molar refractivity (Wildman–Crippen MR) is 71.5 cm³/mol. The van der Waals surface area contributed by atoms with Crippen LogP contribution < -0.4 is 0 Å². The van der Waals surface area contributed by atoms with Crippen LogP contribution in [0.3, 0.4) is 0 Å². The Kier molecular flexibility index (Phi) is 2.05. The van der Waals surface area contributed by atoms with Crippen molar-refractivity contribution in [2.45, 2.75) is 0 Å². The van der Waals surface area contributed by atoms with Gasteiger partial charge in [-0.05, 0) is 11.5 Å². The number of aromatic nitrogens is 5. The van der Waals surface area contributed by atoms with Gasteiger partial charge in [-0.2, -0.15) is 0 Å². The van der Waals surface area contributed by atoms with Crippen molar-refractivity contribution in [2.75, 3.05) is 0 Å². The third-order valence-corrected chi connectivity index (χ3v) is 3.04. The van der Waals surface area contributed by atoms with Gasteiger partial charge >= 0.3 is 0 Å². The third-order valence-electron chi connectivity index (χ3n) is 3.04. The van der Waals surface area contributed by atoms with E-state index in [1.54, 1.807) is 10.7 Å². The highest BCUT2D eigenvalue weighted by Crippen LogP contribution is 2.20. The van der Waals surface area contributed by atoms with Crippen LogP contribution in [0.1, 0.15) is 0 Å². The molecule has 4 rings (SSSR count). The average Bonchev–Trinajstić information content (AvgIpc) is 2.90. The number of hydrogen-bond acceptors (Lipinski definition) is 4. The Hall–Kier alpha value is -2.82. The molecule has 0 unspecified atom stereocenters. The smallest absolute Gasteiger partial charge is 0.237 e. The number of benzene rings is 1. The molecule has 0 aliphatic heterocycles. The highest BCUT2D eigenvalue weighted by Gasteiger charge is 2.06. The molecule has 90 valence electrons. The zero-order valence-electron chi connectivity index (χ0n) is 9.93. The van der Waals surface area contributed by atoms with Gasteiger partial charge in [0.25, 0.3) is 0 Å². The Labute approximate surface area is 108 Å². The zero-order chi connectivity index (χ0) is 12.7. The summed E-state index contributed by atoms with van der Waals surface area (Å²) >= 11 is 0. The van der Waals surface area contributed by atoms with Crippen LogP contribution in [0.25, 0.3) is 27.9 Å². The van der Waals surface area contributed by atoms with Crippen LogP contribution >= 0.6 is 0 Å². The van der Waals surface area contributed by atoms with Crippen LogP contribution in [-0.2, 0) is 0 Å². The second-order valence-electron chi connectivity index (χ2n) is 4.26. The van der Waals surface area contributed by atoms with Gasteiger partial charge < -0.3 is 0 Å². The molecule has 4 aromatic rings. The standard InChI is InChI=1S/C14H9N5/c1-2-4-11-6-16-12(5-10(11)3-1)13-7-19-9-15-8-17-14(19)18-13/h1-9H. The van der Waals surface area contributed by atoms with Crippen LogP contribution in [0, 0.1) is 0 Å². The molecule has 0 aliphatic carbocycles. The largest absolute Gasteiger partial charge is 0.274 e. The van der Waals surface area contributed by atoms with Crippen molar-refractivity contribution >= 4 is 16.6 Å². The minimum Gasteiger partial charge on any atom is -0.274 e. The van der Waals surface area contributed by atoms with Crippen molar-refractivity contribution in [3.05, 3.63) is 55.4 Å². The minimum absolute atomic E-state index is 0.625. The maximum atomic E-state index is 4.45. The number of nitrogens with zero attached hydrogens (tertiary/aromatic N) is 5.